The van der Waals surface area contributed by atoms with Gasteiger partial charge in [0.1, 0.15) is 0 Å². The van der Waals surface area contributed by atoms with Crippen LogP contribution in [0.1, 0.15) is 13.3 Å². The van der Waals surface area contributed by atoms with Gasteiger partial charge in [-0.1, -0.05) is 36.7 Å². The average Bonchev–Trinajstić information content (AvgIpc) is 2.77. The fraction of sp³-hybridized carbons (Fsp3) is 0.188. The molecule has 0 aliphatic carbocycles. The van der Waals surface area contributed by atoms with E-state index >= 15 is 0 Å². The van der Waals surface area contributed by atoms with Crippen LogP contribution in [-0.2, 0) is 6.54 Å². The Kier molecular flexibility index (Phi) is 3.61. The summed E-state index contributed by atoms with van der Waals surface area (Å²) < 4.78 is 2.20. The molecular formula is C16H16ClN3. The second kappa shape index (κ2) is 5.55. The topological polar surface area (TPSA) is 29.9 Å². The first-order chi connectivity index (χ1) is 9.78. The van der Waals surface area contributed by atoms with Gasteiger partial charge in [0.15, 0.2) is 0 Å². The van der Waals surface area contributed by atoms with Gasteiger partial charge < -0.3 is 9.88 Å². The van der Waals surface area contributed by atoms with Crippen molar-refractivity contribution in [2.75, 3.05) is 5.32 Å². The molecule has 3 rings (SSSR count). The zero-order valence-corrected chi connectivity index (χ0v) is 12.1. The molecule has 0 bridgehead atoms. The van der Waals surface area contributed by atoms with Gasteiger partial charge >= 0.3 is 0 Å². The number of aromatic nitrogens is 2. The average molecular weight is 286 g/mol. The van der Waals surface area contributed by atoms with E-state index in [4.69, 9.17) is 11.6 Å². The van der Waals surface area contributed by atoms with Crippen molar-refractivity contribution in [3.8, 4) is 0 Å². The second-order valence-electron chi connectivity index (χ2n) is 4.71. The van der Waals surface area contributed by atoms with Gasteiger partial charge in [-0.25, -0.2) is 4.98 Å². The number of fused-ring (bicyclic) bond motifs is 1. The quantitative estimate of drug-likeness (QED) is 0.743. The fourth-order valence-electron chi connectivity index (χ4n) is 2.32. The largest absolute Gasteiger partial charge is 0.326 e. The van der Waals surface area contributed by atoms with E-state index in [9.17, 15) is 0 Å². The standard InChI is InChI=1S/C16H16ClN3/c1-2-10-20-15-9-4-3-8-14(15)19-16(20)18-13-7-5-6-12(17)11-13/h3-9,11H,2,10H2,1H3,(H,18,19). The SMILES string of the molecule is CCCn1c(Nc2cccc(Cl)c2)nc2ccccc21. The first kappa shape index (κ1) is 13.0. The van der Waals surface area contributed by atoms with Crippen LogP contribution in [0.3, 0.4) is 0 Å². The van der Waals surface area contributed by atoms with E-state index in [0.29, 0.717) is 5.02 Å². The highest BCUT2D eigenvalue weighted by atomic mass is 35.5. The van der Waals surface area contributed by atoms with Gasteiger partial charge in [0, 0.05) is 17.3 Å². The maximum absolute atomic E-state index is 6.02. The molecule has 20 heavy (non-hydrogen) atoms. The normalized spacial score (nSPS) is 10.9. The molecule has 0 fully saturated rings. The molecule has 0 aliphatic rings. The molecule has 0 radical (unpaired) electrons. The number of rotatable bonds is 4. The van der Waals surface area contributed by atoms with Crippen LogP contribution in [-0.4, -0.2) is 9.55 Å². The molecule has 0 atom stereocenters. The third kappa shape index (κ3) is 2.49. The van der Waals surface area contributed by atoms with Crippen molar-refractivity contribution >= 4 is 34.3 Å². The lowest BCUT2D eigenvalue weighted by Crippen LogP contribution is -2.03. The summed E-state index contributed by atoms with van der Waals surface area (Å²) in [6.07, 6.45) is 1.06. The Bertz CT molecular complexity index is 733. The van der Waals surface area contributed by atoms with Crippen molar-refractivity contribution in [1.29, 1.82) is 0 Å². The number of nitrogens with zero attached hydrogens (tertiary/aromatic N) is 2. The molecule has 102 valence electrons. The van der Waals surface area contributed by atoms with Crippen LogP contribution in [0.15, 0.2) is 48.5 Å². The molecular weight excluding hydrogens is 270 g/mol. The molecule has 4 heteroatoms. The van der Waals surface area contributed by atoms with Gasteiger partial charge in [0.05, 0.1) is 11.0 Å². The molecule has 3 aromatic rings. The predicted molar refractivity (Wildman–Crippen MR) is 84.8 cm³/mol. The molecule has 2 aromatic carbocycles. The number of imidazole rings is 1. The van der Waals surface area contributed by atoms with Crippen LogP contribution in [0.5, 0.6) is 0 Å². The molecule has 0 unspecified atom stereocenters. The van der Waals surface area contributed by atoms with Crippen LogP contribution in [0.4, 0.5) is 11.6 Å². The Morgan fingerprint density at radius 2 is 2.00 bits per heavy atom. The van der Waals surface area contributed by atoms with Crippen molar-refractivity contribution < 1.29 is 0 Å². The van der Waals surface area contributed by atoms with Crippen molar-refractivity contribution in [2.45, 2.75) is 19.9 Å². The van der Waals surface area contributed by atoms with Gasteiger partial charge in [-0.05, 0) is 36.8 Å². The zero-order valence-electron chi connectivity index (χ0n) is 11.3. The van der Waals surface area contributed by atoms with Crippen molar-refractivity contribution in [1.82, 2.24) is 9.55 Å². The summed E-state index contributed by atoms with van der Waals surface area (Å²) in [5.41, 5.74) is 3.11. The number of halogens is 1. The number of benzene rings is 2. The van der Waals surface area contributed by atoms with Crippen LogP contribution in [0.2, 0.25) is 5.02 Å². The summed E-state index contributed by atoms with van der Waals surface area (Å²) in [7, 11) is 0. The smallest absolute Gasteiger partial charge is 0.208 e. The van der Waals surface area contributed by atoms with Crippen LogP contribution >= 0.6 is 11.6 Å². The van der Waals surface area contributed by atoms with Gasteiger partial charge in [0.25, 0.3) is 0 Å². The van der Waals surface area contributed by atoms with Gasteiger partial charge in [-0.2, -0.15) is 0 Å². The molecule has 3 nitrogen and oxygen atoms in total. The molecule has 0 amide bonds. The summed E-state index contributed by atoms with van der Waals surface area (Å²) in [4.78, 5) is 4.67. The Hall–Kier alpha value is -2.00. The minimum Gasteiger partial charge on any atom is -0.326 e. The Morgan fingerprint density at radius 3 is 2.80 bits per heavy atom. The Balaban J connectivity index is 2.04. The number of hydrogen-bond acceptors (Lipinski definition) is 2. The highest BCUT2D eigenvalue weighted by Gasteiger charge is 2.09. The lowest BCUT2D eigenvalue weighted by molar-refractivity contribution is 0.705. The summed E-state index contributed by atoms with van der Waals surface area (Å²) in [5.74, 6) is 0.857. The van der Waals surface area contributed by atoms with Gasteiger partial charge in [0.2, 0.25) is 5.95 Å². The van der Waals surface area contributed by atoms with E-state index in [0.717, 1.165) is 35.6 Å². The number of anilines is 2. The van der Waals surface area contributed by atoms with Crippen LogP contribution in [0, 0.1) is 0 Å². The fourth-order valence-corrected chi connectivity index (χ4v) is 2.51. The minimum absolute atomic E-state index is 0.716. The van der Waals surface area contributed by atoms with E-state index in [2.05, 4.69) is 27.9 Å². The highest BCUT2D eigenvalue weighted by Crippen LogP contribution is 2.24. The van der Waals surface area contributed by atoms with Crippen molar-refractivity contribution in [3.63, 3.8) is 0 Å². The summed E-state index contributed by atoms with van der Waals surface area (Å²) in [6.45, 7) is 3.10. The zero-order chi connectivity index (χ0) is 13.9. The van der Waals surface area contributed by atoms with Gasteiger partial charge in [-0.15, -0.1) is 0 Å². The number of aryl methyl sites for hydroxylation is 1. The molecule has 0 saturated carbocycles. The second-order valence-corrected chi connectivity index (χ2v) is 5.15. The van der Waals surface area contributed by atoms with Crippen LogP contribution in [0.25, 0.3) is 11.0 Å². The van der Waals surface area contributed by atoms with Crippen molar-refractivity contribution in [3.05, 3.63) is 53.6 Å². The number of hydrogen-bond donors (Lipinski definition) is 1. The summed E-state index contributed by atoms with van der Waals surface area (Å²) in [5, 5.41) is 4.07. The van der Waals surface area contributed by atoms with Crippen LogP contribution < -0.4 is 5.32 Å². The first-order valence-corrected chi connectivity index (χ1v) is 7.13. The highest BCUT2D eigenvalue weighted by molar-refractivity contribution is 6.30. The van der Waals surface area contributed by atoms with Gasteiger partial charge in [-0.3, -0.25) is 0 Å². The van der Waals surface area contributed by atoms with E-state index < -0.39 is 0 Å². The summed E-state index contributed by atoms with van der Waals surface area (Å²) >= 11 is 6.02. The lowest BCUT2D eigenvalue weighted by Gasteiger charge is -2.09. The minimum atomic E-state index is 0.716. The first-order valence-electron chi connectivity index (χ1n) is 6.76. The number of para-hydroxylation sites is 2. The maximum atomic E-state index is 6.02. The number of nitrogens with one attached hydrogen (secondary N) is 1. The Morgan fingerprint density at radius 1 is 1.15 bits per heavy atom. The third-order valence-corrected chi connectivity index (χ3v) is 3.42. The molecule has 0 spiro atoms. The van der Waals surface area contributed by atoms with E-state index in [1.165, 1.54) is 0 Å². The molecule has 1 N–H and O–H groups in total. The van der Waals surface area contributed by atoms with E-state index in [1.807, 2.05) is 42.5 Å². The van der Waals surface area contributed by atoms with E-state index in [1.54, 1.807) is 0 Å². The molecule has 0 aliphatic heterocycles. The predicted octanol–water partition coefficient (Wildman–Crippen LogP) is 4.84. The summed E-state index contributed by atoms with van der Waals surface area (Å²) in [6, 6.07) is 15.9. The Labute approximate surface area is 123 Å². The molecule has 0 saturated heterocycles. The molecule has 1 heterocycles. The third-order valence-electron chi connectivity index (χ3n) is 3.18. The maximum Gasteiger partial charge on any atom is 0.208 e. The monoisotopic (exact) mass is 285 g/mol. The van der Waals surface area contributed by atoms with Crippen molar-refractivity contribution in [2.24, 2.45) is 0 Å². The van der Waals surface area contributed by atoms with E-state index in [-0.39, 0.29) is 0 Å². The molecule has 1 aromatic heterocycles. The lowest BCUT2D eigenvalue weighted by atomic mass is 10.3.